The highest BCUT2D eigenvalue weighted by atomic mass is 35.5. The van der Waals surface area contributed by atoms with Crippen LogP contribution in [0, 0.1) is 0 Å². The third-order valence-electron chi connectivity index (χ3n) is 3.11. The van der Waals surface area contributed by atoms with E-state index in [9.17, 15) is 0 Å². The minimum atomic E-state index is 0.0309. The lowest BCUT2D eigenvalue weighted by atomic mass is 10.1. The van der Waals surface area contributed by atoms with Gasteiger partial charge in [0.25, 0.3) is 0 Å². The molecule has 0 aliphatic rings. The Morgan fingerprint density at radius 1 is 1.00 bits per heavy atom. The smallest absolute Gasteiger partial charge is 0.0757 e. The molecule has 0 spiro atoms. The van der Waals surface area contributed by atoms with Crippen molar-refractivity contribution in [1.29, 1.82) is 0 Å². The molecule has 1 aromatic heterocycles. The Morgan fingerprint density at radius 3 is 2.11 bits per heavy atom. The predicted octanol–water partition coefficient (Wildman–Crippen LogP) is 6.02. The molecule has 0 N–H and O–H groups in total. The van der Waals surface area contributed by atoms with Crippen molar-refractivity contribution in [3.05, 3.63) is 29.6 Å². The molecule has 1 nitrogen and oxygen atoms in total. The molecule has 0 saturated heterocycles. The van der Waals surface area contributed by atoms with Crippen molar-refractivity contribution in [2.24, 2.45) is 0 Å². The molecule has 0 aliphatic heterocycles. The topological polar surface area (TPSA) is 12.9 Å². The van der Waals surface area contributed by atoms with E-state index in [0.717, 1.165) is 36.9 Å². The summed E-state index contributed by atoms with van der Waals surface area (Å²) in [5, 5.41) is 0.110. The lowest BCUT2D eigenvalue weighted by Crippen LogP contribution is -1.97. The van der Waals surface area contributed by atoms with Crippen molar-refractivity contribution in [2.45, 2.75) is 63.1 Å². The van der Waals surface area contributed by atoms with Gasteiger partial charge >= 0.3 is 0 Å². The highest BCUT2D eigenvalue weighted by Gasteiger charge is 2.11. The minimum Gasteiger partial charge on any atom is -0.259 e. The lowest BCUT2D eigenvalue weighted by molar-refractivity contribution is 0.683. The number of aromatic nitrogens is 1. The van der Waals surface area contributed by atoms with Gasteiger partial charge in [-0.1, -0.05) is 45.6 Å². The molecule has 1 rings (SSSR count). The van der Waals surface area contributed by atoms with Crippen LogP contribution in [0.5, 0.6) is 0 Å². The Hall–Kier alpha value is -0.270. The summed E-state index contributed by atoms with van der Waals surface area (Å²) in [4.78, 5) is 4.44. The molecule has 0 aromatic carbocycles. The van der Waals surface area contributed by atoms with Crippen LogP contribution in [0.3, 0.4) is 0 Å². The van der Waals surface area contributed by atoms with E-state index in [4.69, 9.17) is 23.2 Å². The molecule has 0 bridgehead atoms. The molecular formula is C15H23Cl2N. The van der Waals surface area contributed by atoms with Gasteiger partial charge in [-0.2, -0.15) is 0 Å². The van der Waals surface area contributed by atoms with Crippen molar-refractivity contribution in [2.75, 3.05) is 0 Å². The SMILES string of the molecule is CCCCC(Cl)c1ccc(C(Cl)CCCC)nc1. The monoisotopic (exact) mass is 287 g/mol. The number of pyridine rings is 1. The second kappa shape index (κ2) is 8.77. The highest BCUT2D eigenvalue weighted by molar-refractivity contribution is 6.21. The number of unbranched alkanes of at least 4 members (excludes halogenated alkanes) is 2. The fraction of sp³-hybridized carbons (Fsp3) is 0.667. The van der Waals surface area contributed by atoms with E-state index in [2.05, 4.69) is 24.9 Å². The van der Waals surface area contributed by atoms with E-state index in [1.807, 2.05) is 12.3 Å². The third-order valence-corrected chi connectivity index (χ3v) is 4.03. The van der Waals surface area contributed by atoms with Crippen LogP contribution in [0.2, 0.25) is 0 Å². The molecule has 3 heteroatoms. The zero-order chi connectivity index (χ0) is 13.4. The Kier molecular flexibility index (Phi) is 7.69. The maximum Gasteiger partial charge on any atom is 0.0757 e. The third kappa shape index (κ3) is 5.16. The maximum atomic E-state index is 6.33. The van der Waals surface area contributed by atoms with Crippen LogP contribution in [0.15, 0.2) is 18.3 Å². The Balaban J connectivity index is 2.56. The van der Waals surface area contributed by atoms with Gasteiger partial charge in [-0.3, -0.25) is 4.98 Å². The number of hydrogen-bond acceptors (Lipinski definition) is 1. The summed E-state index contributed by atoms with van der Waals surface area (Å²) in [5.41, 5.74) is 2.07. The standard InChI is InChI=1S/C15H23Cl2N/c1-3-5-7-13(16)12-9-10-15(18-11-12)14(17)8-6-4-2/h9-11,13-14H,3-8H2,1-2H3. The van der Waals surface area contributed by atoms with Crippen LogP contribution >= 0.6 is 23.2 Å². The van der Waals surface area contributed by atoms with Crippen molar-refractivity contribution < 1.29 is 0 Å². The van der Waals surface area contributed by atoms with Crippen LogP contribution in [0.4, 0.5) is 0 Å². The van der Waals surface area contributed by atoms with Crippen LogP contribution < -0.4 is 0 Å². The predicted molar refractivity (Wildman–Crippen MR) is 80.5 cm³/mol. The Bertz CT molecular complexity index is 291. The van der Waals surface area contributed by atoms with Crippen LogP contribution in [0.1, 0.15) is 74.4 Å². The van der Waals surface area contributed by atoms with Gasteiger partial charge in [-0.25, -0.2) is 0 Å². The Morgan fingerprint density at radius 2 is 1.61 bits per heavy atom. The zero-order valence-corrected chi connectivity index (χ0v) is 12.8. The zero-order valence-electron chi connectivity index (χ0n) is 11.3. The summed E-state index contributed by atoms with van der Waals surface area (Å²) >= 11 is 12.6. The van der Waals surface area contributed by atoms with Crippen molar-refractivity contribution in [3.63, 3.8) is 0 Å². The van der Waals surface area contributed by atoms with E-state index in [1.54, 1.807) is 0 Å². The average molecular weight is 288 g/mol. The van der Waals surface area contributed by atoms with E-state index in [1.165, 1.54) is 12.8 Å². The first-order valence-electron chi connectivity index (χ1n) is 6.93. The van der Waals surface area contributed by atoms with Crippen molar-refractivity contribution in [3.8, 4) is 0 Å². The summed E-state index contributed by atoms with van der Waals surface area (Å²) in [6, 6.07) is 4.08. The van der Waals surface area contributed by atoms with Crippen LogP contribution in [-0.4, -0.2) is 4.98 Å². The van der Waals surface area contributed by atoms with Gasteiger partial charge in [0, 0.05) is 6.20 Å². The fourth-order valence-electron chi connectivity index (χ4n) is 1.87. The summed E-state index contributed by atoms with van der Waals surface area (Å²) < 4.78 is 0. The number of halogens is 2. The van der Waals surface area contributed by atoms with Gasteiger partial charge < -0.3 is 0 Å². The van der Waals surface area contributed by atoms with Crippen LogP contribution in [-0.2, 0) is 0 Å². The number of rotatable bonds is 8. The average Bonchev–Trinajstić information content (AvgIpc) is 2.42. The molecule has 2 atom stereocenters. The summed E-state index contributed by atoms with van der Waals surface area (Å²) in [6.07, 6.45) is 8.53. The molecule has 18 heavy (non-hydrogen) atoms. The molecule has 0 saturated carbocycles. The second-order valence-electron chi connectivity index (χ2n) is 4.74. The molecular weight excluding hydrogens is 265 g/mol. The van der Waals surface area contributed by atoms with Gasteiger partial charge in [0.05, 0.1) is 16.4 Å². The van der Waals surface area contributed by atoms with Crippen LogP contribution in [0.25, 0.3) is 0 Å². The van der Waals surface area contributed by atoms with Gasteiger partial charge in [0.1, 0.15) is 0 Å². The first-order valence-corrected chi connectivity index (χ1v) is 7.80. The molecule has 1 heterocycles. The molecule has 0 fully saturated rings. The minimum absolute atomic E-state index is 0.0309. The number of hydrogen-bond donors (Lipinski definition) is 0. The maximum absolute atomic E-state index is 6.33. The first kappa shape index (κ1) is 15.8. The van der Waals surface area contributed by atoms with Gasteiger partial charge in [-0.05, 0) is 24.5 Å². The fourth-order valence-corrected chi connectivity index (χ4v) is 2.44. The Labute approximate surface area is 121 Å². The summed E-state index contributed by atoms with van der Waals surface area (Å²) in [7, 11) is 0. The molecule has 0 radical (unpaired) electrons. The normalized spacial score (nSPS) is 14.4. The van der Waals surface area contributed by atoms with E-state index in [0.29, 0.717) is 0 Å². The summed E-state index contributed by atoms with van der Waals surface area (Å²) in [6.45, 7) is 4.35. The van der Waals surface area contributed by atoms with Crippen molar-refractivity contribution >= 4 is 23.2 Å². The van der Waals surface area contributed by atoms with Gasteiger partial charge in [0.15, 0.2) is 0 Å². The van der Waals surface area contributed by atoms with E-state index in [-0.39, 0.29) is 10.8 Å². The largest absolute Gasteiger partial charge is 0.259 e. The van der Waals surface area contributed by atoms with Gasteiger partial charge in [0.2, 0.25) is 0 Å². The lowest BCUT2D eigenvalue weighted by Gasteiger charge is -2.11. The number of alkyl halides is 2. The molecule has 0 amide bonds. The second-order valence-corrected chi connectivity index (χ2v) is 5.79. The number of nitrogens with zero attached hydrogens (tertiary/aromatic N) is 1. The highest BCUT2D eigenvalue weighted by Crippen LogP contribution is 2.29. The van der Waals surface area contributed by atoms with E-state index >= 15 is 0 Å². The summed E-state index contributed by atoms with van der Waals surface area (Å²) in [5.74, 6) is 0. The molecule has 2 unspecified atom stereocenters. The molecule has 102 valence electrons. The molecule has 0 aliphatic carbocycles. The van der Waals surface area contributed by atoms with Gasteiger partial charge in [-0.15, -0.1) is 23.2 Å². The molecule has 1 aromatic rings. The van der Waals surface area contributed by atoms with E-state index < -0.39 is 0 Å². The quantitative estimate of drug-likeness (QED) is 0.533. The first-order chi connectivity index (χ1) is 8.69. The van der Waals surface area contributed by atoms with Crippen molar-refractivity contribution in [1.82, 2.24) is 4.98 Å².